The largest absolute Gasteiger partial charge is 0.330 e. The molecular weight excluding hydrogens is 632 g/mol. The van der Waals surface area contributed by atoms with E-state index in [1.54, 1.807) is 52.5 Å². The van der Waals surface area contributed by atoms with Crippen LogP contribution in [-0.2, 0) is 20.8 Å². The summed E-state index contributed by atoms with van der Waals surface area (Å²) in [5.74, 6) is -0.750. The number of rotatable bonds is 10. The lowest BCUT2D eigenvalue weighted by molar-refractivity contribution is -0.136. The maximum absolute atomic E-state index is 13.2. The minimum atomic E-state index is -0.580. The fourth-order valence-corrected chi connectivity index (χ4v) is 6.29. The Bertz CT molecular complexity index is 1920. The van der Waals surface area contributed by atoms with E-state index in [0.717, 1.165) is 29.5 Å². The second-order valence-electron chi connectivity index (χ2n) is 12.2. The van der Waals surface area contributed by atoms with Crippen molar-refractivity contribution in [2.24, 2.45) is 5.11 Å². The molecule has 1 aromatic heterocycles. The van der Waals surface area contributed by atoms with Gasteiger partial charge in [0, 0.05) is 53.0 Å². The first-order chi connectivity index (χ1) is 24.4. The van der Waals surface area contributed by atoms with Crippen molar-refractivity contribution < 1.29 is 19.2 Å². The Hall–Kier alpha value is -6.26. The van der Waals surface area contributed by atoms with Crippen LogP contribution in [0.15, 0.2) is 102 Å². The predicted molar refractivity (Wildman–Crippen MR) is 191 cm³/mol. The van der Waals surface area contributed by atoms with Crippen molar-refractivity contribution in [2.45, 2.75) is 44.2 Å². The van der Waals surface area contributed by atoms with Crippen molar-refractivity contribution in [3.05, 3.63) is 130 Å². The maximum atomic E-state index is 13.2. The molecule has 2 aliphatic rings. The summed E-state index contributed by atoms with van der Waals surface area (Å²) in [6.07, 6.45) is 10.2. The van der Waals surface area contributed by atoms with Gasteiger partial charge in [-0.1, -0.05) is 59.7 Å². The predicted octanol–water partition coefficient (Wildman–Crippen LogP) is 6.61. The Labute approximate surface area is 289 Å². The van der Waals surface area contributed by atoms with Crippen molar-refractivity contribution in [1.29, 1.82) is 0 Å². The highest BCUT2D eigenvalue weighted by molar-refractivity contribution is 6.02. The molecule has 2 atom stereocenters. The van der Waals surface area contributed by atoms with Crippen molar-refractivity contribution in [2.75, 3.05) is 23.7 Å². The van der Waals surface area contributed by atoms with E-state index in [2.05, 4.69) is 25.6 Å². The van der Waals surface area contributed by atoms with Crippen molar-refractivity contribution in [1.82, 2.24) is 14.8 Å². The normalized spacial score (nSPS) is 17.0. The van der Waals surface area contributed by atoms with Crippen LogP contribution in [0.25, 0.3) is 22.6 Å². The van der Waals surface area contributed by atoms with Gasteiger partial charge >= 0.3 is 0 Å². The number of nitrogens with one attached hydrogen (secondary N) is 2. The van der Waals surface area contributed by atoms with Gasteiger partial charge < -0.3 is 20.4 Å². The van der Waals surface area contributed by atoms with E-state index in [0.29, 0.717) is 48.6 Å². The molecule has 2 aliphatic heterocycles. The van der Waals surface area contributed by atoms with Crippen molar-refractivity contribution >= 4 is 52.8 Å². The number of hydrogen-bond acceptors (Lipinski definition) is 6. The molecule has 12 nitrogen and oxygen atoms in total. The van der Waals surface area contributed by atoms with Gasteiger partial charge in [-0.25, -0.2) is 0 Å². The zero-order valence-corrected chi connectivity index (χ0v) is 27.3. The third-order valence-corrected chi connectivity index (χ3v) is 8.87. The van der Waals surface area contributed by atoms with E-state index < -0.39 is 12.1 Å². The number of hydrogen-bond donors (Lipinski definition) is 2. The first kappa shape index (κ1) is 33.6. The number of carbonyl (C=O) groups excluding carboxylic acids is 4. The zero-order valence-electron chi connectivity index (χ0n) is 27.3. The fraction of sp³-hybridized carbons (Fsp3) is 0.237. The van der Waals surface area contributed by atoms with Crippen LogP contribution < -0.4 is 10.6 Å². The second kappa shape index (κ2) is 15.8. The van der Waals surface area contributed by atoms with Crippen LogP contribution in [0.5, 0.6) is 0 Å². The van der Waals surface area contributed by atoms with Gasteiger partial charge in [-0.15, -0.1) is 0 Å². The molecule has 12 heteroatoms. The molecule has 6 rings (SSSR count). The quantitative estimate of drug-likeness (QED) is 0.0840. The summed E-state index contributed by atoms with van der Waals surface area (Å²) in [5, 5.41) is 9.43. The molecule has 2 N–H and O–H groups in total. The number of amides is 4. The number of anilines is 2. The van der Waals surface area contributed by atoms with Gasteiger partial charge in [-0.05, 0) is 90.4 Å². The molecule has 0 aliphatic carbocycles. The molecule has 4 amide bonds. The van der Waals surface area contributed by atoms with Crippen LogP contribution >= 0.6 is 0 Å². The molecule has 0 radical (unpaired) electrons. The molecule has 2 fully saturated rings. The smallest absolute Gasteiger partial charge is 0.254 e. The van der Waals surface area contributed by atoms with E-state index in [9.17, 15) is 19.2 Å². The summed E-state index contributed by atoms with van der Waals surface area (Å²) in [6, 6.07) is 23.8. The van der Waals surface area contributed by atoms with Crippen molar-refractivity contribution in [3.8, 4) is 0 Å². The summed E-state index contributed by atoms with van der Waals surface area (Å²) in [7, 11) is 0. The van der Waals surface area contributed by atoms with Gasteiger partial charge in [0.25, 0.3) is 5.91 Å². The SMILES string of the molecule is [N-]=[N+]=Nc1ccc(C(=O)N2CCC[C@H]2C(=O)Nc2ccc(C=Cc3ccc(NC(=O)[C@@H]4CCCN4C(=O)Cc4cccnc4)cc3)cc2)cc1. The molecule has 0 unspecified atom stereocenters. The topological polar surface area (TPSA) is 160 Å². The minimum Gasteiger partial charge on any atom is -0.330 e. The molecule has 0 spiro atoms. The Morgan fingerprint density at radius 2 is 1.34 bits per heavy atom. The highest BCUT2D eigenvalue weighted by Crippen LogP contribution is 2.24. The van der Waals surface area contributed by atoms with Gasteiger partial charge in [-0.2, -0.15) is 0 Å². The average molecular weight is 669 g/mol. The standard InChI is InChI=1S/C38H36N8O4/c39-44-43-32-19-13-29(14-20-32)38(50)46-23-3-6-34(46)37(49)42-31-17-11-27(12-18-31)8-7-26-9-15-30(16-10-26)41-36(48)33-5-2-22-45(33)35(47)24-28-4-1-21-40-25-28/h1,4,7-21,25,33-34H,2-3,5-6,22-24H2,(H,41,48)(H,42,49)/t33-,34-/m0/s1. The van der Waals surface area contributed by atoms with Crippen LogP contribution in [0.1, 0.15) is 52.7 Å². The number of azide groups is 1. The van der Waals surface area contributed by atoms with E-state index >= 15 is 0 Å². The lowest BCUT2D eigenvalue weighted by atomic mass is 10.1. The number of nitrogens with zero attached hydrogens (tertiary/aromatic N) is 6. The van der Waals surface area contributed by atoms with E-state index in [4.69, 9.17) is 5.53 Å². The highest BCUT2D eigenvalue weighted by Gasteiger charge is 2.35. The number of pyridine rings is 1. The van der Waals surface area contributed by atoms with E-state index in [1.807, 2.05) is 66.7 Å². The van der Waals surface area contributed by atoms with E-state index in [1.165, 1.54) is 0 Å². The second-order valence-corrected chi connectivity index (χ2v) is 12.2. The average Bonchev–Trinajstić information content (AvgIpc) is 3.84. The van der Waals surface area contributed by atoms with Crippen LogP contribution in [-0.4, -0.2) is 63.6 Å². The third kappa shape index (κ3) is 8.23. The summed E-state index contributed by atoms with van der Waals surface area (Å²) >= 11 is 0. The van der Waals surface area contributed by atoms with Gasteiger partial charge in [0.05, 0.1) is 6.42 Å². The Morgan fingerprint density at radius 3 is 1.88 bits per heavy atom. The maximum Gasteiger partial charge on any atom is 0.254 e. The molecule has 0 bridgehead atoms. The van der Waals surface area contributed by atoms with Gasteiger partial charge in [-0.3, -0.25) is 24.2 Å². The minimum absolute atomic E-state index is 0.0768. The molecule has 252 valence electrons. The monoisotopic (exact) mass is 668 g/mol. The summed E-state index contributed by atoms with van der Waals surface area (Å²) in [6.45, 7) is 1.05. The van der Waals surface area contributed by atoms with Crippen molar-refractivity contribution in [3.63, 3.8) is 0 Å². The van der Waals surface area contributed by atoms with Crippen LogP contribution in [0.3, 0.4) is 0 Å². The summed E-state index contributed by atoms with van der Waals surface area (Å²) in [5.41, 5.74) is 13.4. The molecule has 2 saturated heterocycles. The van der Waals surface area contributed by atoms with Crippen LogP contribution in [0, 0.1) is 0 Å². The number of carbonyl (C=O) groups is 4. The molecule has 4 aromatic rings. The molecular formula is C38H36N8O4. The Balaban J connectivity index is 0.995. The number of aromatic nitrogens is 1. The molecule has 50 heavy (non-hydrogen) atoms. The molecule has 3 aromatic carbocycles. The Morgan fingerprint density at radius 1 is 0.780 bits per heavy atom. The first-order valence-corrected chi connectivity index (χ1v) is 16.5. The van der Waals surface area contributed by atoms with Gasteiger partial charge in [0.2, 0.25) is 17.7 Å². The number of benzene rings is 3. The van der Waals surface area contributed by atoms with Crippen LogP contribution in [0.2, 0.25) is 0 Å². The lowest BCUT2D eigenvalue weighted by Gasteiger charge is -2.24. The zero-order chi connectivity index (χ0) is 34.9. The highest BCUT2D eigenvalue weighted by atomic mass is 16.2. The first-order valence-electron chi connectivity index (χ1n) is 16.5. The summed E-state index contributed by atoms with van der Waals surface area (Å²) in [4.78, 5) is 62.4. The molecule has 0 saturated carbocycles. The molecule has 3 heterocycles. The van der Waals surface area contributed by atoms with Crippen LogP contribution in [0.4, 0.5) is 17.1 Å². The Kier molecular flexibility index (Phi) is 10.6. The van der Waals surface area contributed by atoms with Gasteiger partial charge in [0.15, 0.2) is 0 Å². The number of likely N-dealkylation sites (tertiary alicyclic amines) is 2. The summed E-state index contributed by atoms with van der Waals surface area (Å²) < 4.78 is 0. The third-order valence-electron chi connectivity index (χ3n) is 8.87. The fourth-order valence-electron chi connectivity index (χ4n) is 6.29. The lowest BCUT2D eigenvalue weighted by Crippen LogP contribution is -2.43. The van der Waals surface area contributed by atoms with E-state index in [-0.39, 0.29) is 30.0 Å². The van der Waals surface area contributed by atoms with Gasteiger partial charge in [0.1, 0.15) is 12.1 Å².